The second kappa shape index (κ2) is 6.74. The zero-order valence-corrected chi connectivity index (χ0v) is 14.9. The van der Waals surface area contributed by atoms with E-state index >= 15 is 0 Å². The number of anilines is 4. The minimum absolute atomic E-state index is 0.254. The van der Waals surface area contributed by atoms with E-state index in [9.17, 15) is 9.59 Å². The lowest BCUT2D eigenvalue weighted by molar-refractivity contribution is 1.36. The van der Waals surface area contributed by atoms with Gasteiger partial charge in [-0.25, -0.2) is 0 Å². The largest absolute Gasteiger partial charge is 0.350 e. The van der Waals surface area contributed by atoms with Crippen LogP contribution in [-0.2, 0) is 0 Å². The monoisotopic (exact) mass is 381 g/mol. The van der Waals surface area contributed by atoms with Crippen molar-refractivity contribution in [2.75, 3.05) is 10.6 Å². The molecule has 128 valence electrons. The van der Waals surface area contributed by atoms with Gasteiger partial charge in [-0.1, -0.05) is 23.7 Å². The lowest BCUT2D eigenvalue weighted by Gasteiger charge is -2.15. The summed E-state index contributed by atoms with van der Waals surface area (Å²) in [6.07, 6.45) is 1.80. The molecule has 0 unspecified atom stereocenters. The van der Waals surface area contributed by atoms with Gasteiger partial charge in [0.05, 0.1) is 10.4 Å². The summed E-state index contributed by atoms with van der Waals surface area (Å²) in [7, 11) is 0. The molecule has 4 rings (SSSR count). The Morgan fingerprint density at radius 1 is 0.808 bits per heavy atom. The Kier molecular flexibility index (Phi) is 4.28. The van der Waals surface area contributed by atoms with Gasteiger partial charge in [-0.15, -0.1) is 11.3 Å². The molecule has 0 amide bonds. The molecular formula is C19H12ClN3O2S. The zero-order chi connectivity index (χ0) is 18.1. The summed E-state index contributed by atoms with van der Waals surface area (Å²) in [5, 5.41) is 6.59. The Labute approximate surface area is 157 Å². The van der Waals surface area contributed by atoms with E-state index in [-0.39, 0.29) is 11.4 Å². The van der Waals surface area contributed by atoms with Gasteiger partial charge in [-0.05, 0) is 42.0 Å². The third-order valence-electron chi connectivity index (χ3n) is 3.89. The summed E-state index contributed by atoms with van der Waals surface area (Å²) >= 11 is 7.41. The summed E-state index contributed by atoms with van der Waals surface area (Å²) in [5.74, 6) is 0. The first-order valence-electron chi connectivity index (χ1n) is 7.73. The predicted octanol–water partition coefficient (Wildman–Crippen LogP) is 4.55. The molecule has 0 saturated carbocycles. The number of aromatic nitrogens is 1. The first kappa shape index (κ1) is 16.5. The van der Waals surface area contributed by atoms with Crippen molar-refractivity contribution in [2.45, 2.75) is 0 Å². The van der Waals surface area contributed by atoms with Gasteiger partial charge in [0, 0.05) is 22.6 Å². The molecule has 0 fully saturated rings. The van der Waals surface area contributed by atoms with Gasteiger partial charge >= 0.3 is 0 Å². The summed E-state index contributed by atoms with van der Waals surface area (Å²) in [6.45, 7) is 0. The molecule has 0 aliphatic carbocycles. The van der Waals surface area contributed by atoms with Crippen LogP contribution in [0.25, 0.3) is 10.4 Å². The standard InChI is InChI=1S/C19H12ClN3O2S/c20-12-3-7-14(8-4-12)23-17-16(18(24)19(17)25)22-13-5-1-11(2-6-13)15-9-21-10-26-15/h1-10,22-23H. The lowest BCUT2D eigenvalue weighted by Crippen LogP contribution is -2.35. The molecule has 4 aromatic rings. The molecule has 0 spiro atoms. The van der Waals surface area contributed by atoms with Crippen LogP contribution in [0.15, 0.2) is 69.8 Å². The number of nitrogens with one attached hydrogen (secondary N) is 2. The van der Waals surface area contributed by atoms with Gasteiger partial charge in [0.2, 0.25) is 0 Å². The number of hydrogen-bond donors (Lipinski definition) is 2. The van der Waals surface area contributed by atoms with Gasteiger partial charge in [0.1, 0.15) is 11.4 Å². The fourth-order valence-corrected chi connectivity index (χ4v) is 3.28. The lowest BCUT2D eigenvalue weighted by atomic mass is 10.1. The van der Waals surface area contributed by atoms with Gasteiger partial charge < -0.3 is 10.6 Å². The Balaban J connectivity index is 1.55. The van der Waals surface area contributed by atoms with Gasteiger partial charge in [0.15, 0.2) is 0 Å². The molecule has 0 aliphatic heterocycles. The molecule has 0 radical (unpaired) electrons. The van der Waals surface area contributed by atoms with E-state index in [4.69, 9.17) is 11.6 Å². The fourth-order valence-electron chi connectivity index (χ4n) is 2.53. The quantitative estimate of drug-likeness (QED) is 0.496. The zero-order valence-electron chi connectivity index (χ0n) is 13.3. The summed E-state index contributed by atoms with van der Waals surface area (Å²) < 4.78 is 0. The first-order chi connectivity index (χ1) is 12.6. The highest BCUT2D eigenvalue weighted by Gasteiger charge is 2.21. The molecule has 5 nitrogen and oxygen atoms in total. The molecule has 7 heteroatoms. The van der Waals surface area contributed by atoms with E-state index in [1.165, 1.54) is 0 Å². The molecule has 2 N–H and O–H groups in total. The molecule has 1 heterocycles. The second-order valence-corrected chi connectivity index (χ2v) is 6.93. The average molecular weight is 382 g/mol. The molecule has 0 bridgehead atoms. The van der Waals surface area contributed by atoms with Crippen LogP contribution in [0.5, 0.6) is 0 Å². The van der Waals surface area contributed by atoms with Crippen molar-refractivity contribution in [3.05, 3.63) is 85.7 Å². The van der Waals surface area contributed by atoms with Gasteiger partial charge in [-0.3, -0.25) is 14.6 Å². The highest BCUT2D eigenvalue weighted by Crippen LogP contribution is 2.28. The van der Waals surface area contributed by atoms with Gasteiger partial charge in [-0.2, -0.15) is 0 Å². The minimum Gasteiger partial charge on any atom is -0.350 e. The molecule has 0 atom stereocenters. The van der Waals surface area contributed by atoms with Crippen LogP contribution in [0.4, 0.5) is 22.7 Å². The van der Waals surface area contributed by atoms with Crippen LogP contribution in [0.2, 0.25) is 5.02 Å². The SMILES string of the molecule is O=c1c(Nc2ccc(Cl)cc2)c(Nc2ccc(-c3cncs3)cc2)c1=O. The van der Waals surface area contributed by atoms with E-state index in [1.54, 1.807) is 47.3 Å². The molecule has 0 saturated heterocycles. The maximum atomic E-state index is 11.9. The number of rotatable bonds is 5. The van der Waals surface area contributed by atoms with E-state index in [1.807, 2.05) is 24.3 Å². The Morgan fingerprint density at radius 2 is 1.35 bits per heavy atom. The van der Waals surface area contributed by atoms with Crippen molar-refractivity contribution in [3.63, 3.8) is 0 Å². The van der Waals surface area contributed by atoms with Crippen LogP contribution in [0, 0.1) is 0 Å². The Hall–Kier alpha value is -2.96. The molecule has 1 aromatic heterocycles. The minimum atomic E-state index is -0.538. The smallest absolute Gasteiger partial charge is 0.253 e. The van der Waals surface area contributed by atoms with Crippen LogP contribution in [0.3, 0.4) is 0 Å². The maximum Gasteiger partial charge on any atom is 0.253 e. The summed E-state index contributed by atoms with van der Waals surface area (Å²) in [6, 6.07) is 14.5. The molecule has 3 aromatic carbocycles. The third-order valence-corrected chi connectivity index (χ3v) is 4.97. The summed E-state index contributed by atoms with van der Waals surface area (Å²) in [4.78, 5) is 29.0. The molecule has 0 aliphatic rings. The number of hydrogen-bond acceptors (Lipinski definition) is 6. The van der Waals surface area contributed by atoms with E-state index < -0.39 is 10.9 Å². The normalized spacial score (nSPS) is 10.8. The second-order valence-electron chi connectivity index (χ2n) is 5.61. The van der Waals surface area contributed by atoms with Crippen LogP contribution in [0.1, 0.15) is 0 Å². The fraction of sp³-hybridized carbons (Fsp3) is 0. The van der Waals surface area contributed by atoms with Crippen molar-refractivity contribution in [1.82, 2.24) is 4.98 Å². The highest BCUT2D eigenvalue weighted by molar-refractivity contribution is 7.13. The van der Waals surface area contributed by atoms with Crippen LogP contribution in [-0.4, -0.2) is 4.98 Å². The Bertz CT molecular complexity index is 1110. The van der Waals surface area contributed by atoms with E-state index in [0.29, 0.717) is 10.7 Å². The predicted molar refractivity (Wildman–Crippen MR) is 107 cm³/mol. The maximum absolute atomic E-state index is 11.9. The van der Waals surface area contributed by atoms with Crippen molar-refractivity contribution in [1.29, 1.82) is 0 Å². The molecule has 26 heavy (non-hydrogen) atoms. The van der Waals surface area contributed by atoms with E-state index in [2.05, 4.69) is 15.6 Å². The average Bonchev–Trinajstić information content (AvgIpc) is 3.21. The van der Waals surface area contributed by atoms with E-state index in [0.717, 1.165) is 16.1 Å². The van der Waals surface area contributed by atoms with Crippen LogP contribution < -0.4 is 21.5 Å². The summed E-state index contributed by atoms with van der Waals surface area (Å²) in [5.41, 5.74) is 3.67. The van der Waals surface area contributed by atoms with Crippen LogP contribution >= 0.6 is 22.9 Å². The topological polar surface area (TPSA) is 71.1 Å². The number of halogens is 1. The van der Waals surface area contributed by atoms with Crippen molar-refractivity contribution >= 4 is 45.7 Å². The van der Waals surface area contributed by atoms with Gasteiger partial charge in [0.25, 0.3) is 10.9 Å². The van der Waals surface area contributed by atoms with Crippen molar-refractivity contribution < 1.29 is 0 Å². The van der Waals surface area contributed by atoms with Crippen molar-refractivity contribution in [3.8, 4) is 10.4 Å². The third kappa shape index (κ3) is 3.12. The van der Waals surface area contributed by atoms with Crippen molar-refractivity contribution in [2.24, 2.45) is 0 Å². The highest BCUT2D eigenvalue weighted by atomic mass is 35.5. The number of nitrogens with zero attached hydrogens (tertiary/aromatic N) is 1. The Morgan fingerprint density at radius 3 is 1.85 bits per heavy atom. The molecular weight excluding hydrogens is 370 g/mol. The first-order valence-corrected chi connectivity index (χ1v) is 8.99. The number of benzene rings is 2. The number of thiazole rings is 1.